The quantitative estimate of drug-likeness (QED) is 0.387. The monoisotopic (exact) mass is 529 g/mol. The van der Waals surface area contributed by atoms with Gasteiger partial charge >= 0.3 is 6.18 Å². The molecule has 0 bridgehead atoms. The van der Waals surface area contributed by atoms with Gasteiger partial charge in [0.15, 0.2) is 11.5 Å². The summed E-state index contributed by atoms with van der Waals surface area (Å²) in [5, 5.41) is 13.8. The highest BCUT2D eigenvalue weighted by molar-refractivity contribution is 9.10. The minimum atomic E-state index is -4.94. The first-order valence-corrected chi connectivity index (χ1v) is 9.76. The van der Waals surface area contributed by atoms with Crippen LogP contribution in [0, 0.1) is 5.82 Å². The molecule has 0 saturated heterocycles. The van der Waals surface area contributed by atoms with E-state index in [0.29, 0.717) is 4.68 Å². The zero-order valence-electron chi connectivity index (χ0n) is 15.5. The van der Waals surface area contributed by atoms with Gasteiger partial charge in [-0.25, -0.2) is 14.1 Å². The number of alkyl halides is 3. The van der Waals surface area contributed by atoms with E-state index in [0.717, 1.165) is 29.2 Å². The lowest BCUT2D eigenvalue weighted by molar-refractivity contribution is -0.143. The lowest BCUT2D eigenvalue weighted by Crippen LogP contribution is -2.21. The molecule has 164 valence electrons. The maximum absolute atomic E-state index is 13.8. The van der Waals surface area contributed by atoms with Gasteiger partial charge in [0.1, 0.15) is 5.82 Å². The van der Waals surface area contributed by atoms with Crippen LogP contribution in [0.3, 0.4) is 0 Å². The number of carbonyl (C=O) groups excluding carboxylic acids is 1. The third-order valence-corrected chi connectivity index (χ3v) is 5.02. The lowest BCUT2D eigenvalue weighted by atomic mass is 10.2. The molecular formula is C18H9BrClF4N7O. The van der Waals surface area contributed by atoms with E-state index in [1.54, 1.807) is 0 Å². The van der Waals surface area contributed by atoms with Crippen molar-refractivity contribution in [3.8, 4) is 11.5 Å². The van der Waals surface area contributed by atoms with E-state index in [1.165, 1.54) is 24.7 Å². The van der Waals surface area contributed by atoms with E-state index in [2.05, 4.69) is 41.5 Å². The Balaban J connectivity index is 1.69. The summed E-state index contributed by atoms with van der Waals surface area (Å²) >= 11 is 9.13. The van der Waals surface area contributed by atoms with E-state index in [1.807, 2.05) is 0 Å². The second-order valence-electron chi connectivity index (χ2n) is 6.21. The van der Waals surface area contributed by atoms with Crippen molar-refractivity contribution in [3.05, 3.63) is 75.6 Å². The van der Waals surface area contributed by atoms with Gasteiger partial charge in [0.25, 0.3) is 5.91 Å². The fourth-order valence-corrected chi connectivity index (χ4v) is 3.55. The SMILES string of the molecule is O=C(Nc1cnc(-n2nccn2)c(Cl)c1)c1cnn(-c2ccc(F)cc2Br)c1C(F)(F)F. The van der Waals surface area contributed by atoms with Gasteiger partial charge in [-0.05, 0) is 40.2 Å². The van der Waals surface area contributed by atoms with Crippen molar-refractivity contribution in [2.75, 3.05) is 5.32 Å². The molecule has 0 aliphatic rings. The van der Waals surface area contributed by atoms with Crippen molar-refractivity contribution in [1.82, 2.24) is 29.8 Å². The van der Waals surface area contributed by atoms with E-state index >= 15 is 0 Å². The molecule has 1 N–H and O–H groups in total. The molecule has 0 atom stereocenters. The highest BCUT2D eigenvalue weighted by Gasteiger charge is 2.41. The molecule has 8 nitrogen and oxygen atoms in total. The minimum Gasteiger partial charge on any atom is -0.320 e. The number of pyridine rings is 1. The minimum absolute atomic E-state index is 0.0249. The average molecular weight is 531 g/mol. The summed E-state index contributed by atoms with van der Waals surface area (Å²) in [4.78, 5) is 17.8. The molecule has 1 aromatic carbocycles. The first-order chi connectivity index (χ1) is 15.1. The average Bonchev–Trinajstić information content (AvgIpc) is 3.38. The maximum Gasteiger partial charge on any atom is 0.434 e. The predicted octanol–water partition coefficient (Wildman–Crippen LogP) is 4.67. The number of hydrogen-bond donors (Lipinski definition) is 1. The summed E-state index contributed by atoms with van der Waals surface area (Å²) in [6, 6.07) is 4.36. The largest absolute Gasteiger partial charge is 0.434 e. The summed E-state index contributed by atoms with van der Waals surface area (Å²) < 4.78 is 55.4. The van der Waals surface area contributed by atoms with Crippen LogP contribution in [0.4, 0.5) is 23.2 Å². The van der Waals surface area contributed by atoms with Gasteiger partial charge in [-0.15, -0.1) is 4.80 Å². The van der Waals surface area contributed by atoms with Gasteiger partial charge in [0.05, 0.1) is 46.7 Å². The Morgan fingerprint density at radius 2 is 1.81 bits per heavy atom. The maximum atomic E-state index is 13.8. The highest BCUT2D eigenvalue weighted by Crippen LogP contribution is 2.35. The predicted molar refractivity (Wildman–Crippen MR) is 108 cm³/mol. The van der Waals surface area contributed by atoms with Crippen LogP contribution in [0.1, 0.15) is 16.1 Å². The van der Waals surface area contributed by atoms with Crippen LogP contribution < -0.4 is 5.32 Å². The molecule has 0 spiro atoms. The fourth-order valence-electron chi connectivity index (χ4n) is 2.79. The van der Waals surface area contributed by atoms with Crippen molar-refractivity contribution < 1.29 is 22.4 Å². The molecule has 0 fully saturated rings. The number of amides is 1. The fraction of sp³-hybridized carbons (Fsp3) is 0.0556. The van der Waals surface area contributed by atoms with Crippen LogP contribution in [0.15, 0.2) is 53.5 Å². The van der Waals surface area contributed by atoms with Crippen LogP contribution >= 0.6 is 27.5 Å². The standard InChI is InChI=1S/C18H9BrClF4N7O/c19-12-5-9(21)1-2-14(12)30-15(18(22,23)24)11(8-28-30)17(32)29-10-6-13(20)16(25-7-10)31-26-3-4-27-31/h1-8H,(H,29,32). The van der Waals surface area contributed by atoms with Gasteiger partial charge in [0.2, 0.25) is 0 Å². The number of hydrogen-bond acceptors (Lipinski definition) is 5. The molecule has 3 heterocycles. The number of halogens is 6. The molecule has 14 heteroatoms. The van der Waals surface area contributed by atoms with Crippen molar-refractivity contribution in [2.45, 2.75) is 6.18 Å². The Morgan fingerprint density at radius 1 is 1.09 bits per heavy atom. The van der Waals surface area contributed by atoms with E-state index < -0.39 is 29.2 Å². The van der Waals surface area contributed by atoms with Gasteiger partial charge < -0.3 is 5.32 Å². The number of nitrogens with one attached hydrogen (secondary N) is 1. The second-order valence-corrected chi connectivity index (χ2v) is 7.48. The van der Waals surface area contributed by atoms with E-state index in [4.69, 9.17) is 11.6 Å². The Bertz CT molecular complexity index is 1310. The number of nitrogens with zero attached hydrogens (tertiary/aromatic N) is 6. The second kappa shape index (κ2) is 8.31. The van der Waals surface area contributed by atoms with Gasteiger partial charge in [-0.2, -0.15) is 28.5 Å². The first-order valence-electron chi connectivity index (χ1n) is 8.59. The molecular weight excluding hydrogens is 522 g/mol. The normalized spacial score (nSPS) is 11.6. The van der Waals surface area contributed by atoms with Crippen molar-refractivity contribution in [3.63, 3.8) is 0 Å². The zero-order chi connectivity index (χ0) is 23.0. The first kappa shape index (κ1) is 21.9. The molecule has 0 aliphatic heterocycles. The number of carbonyl (C=O) groups is 1. The Labute approximate surface area is 189 Å². The molecule has 4 rings (SSSR count). The molecule has 1 amide bonds. The zero-order valence-corrected chi connectivity index (χ0v) is 17.8. The number of rotatable bonds is 4. The summed E-state index contributed by atoms with van der Waals surface area (Å²) in [6.45, 7) is 0. The van der Waals surface area contributed by atoms with Crippen molar-refractivity contribution in [1.29, 1.82) is 0 Å². The summed E-state index contributed by atoms with van der Waals surface area (Å²) in [6.07, 6.45) is -0.169. The highest BCUT2D eigenvalue weighted by atomic mass is 79.9. The van der Waals surface area contributed by atoms with Gasteiger partial charge in [-0.3, -0.25) is 4.79 Å². The van der Waals surface area contributed by atoms with Crippen LogP contribution in [-0.2, 0) is 6.18 Å². The summed E-state index contributed by atoms with van der Waals surface area (Å²) in [5.74, 6) is -1.58. The lowest BCUT2D eigenvalue weighted by Gasteiger charge is -2.14. The molecule has 0 radical (unpaired) electrons. The van der Waals surface area contributed by atoms with E-state index in [-0.39, 0.29) is 26.7 Å². The number of anilines is 1. The van der Waals surface area contributed by atoms with Crippen LogP contribution in [0.25, 0.3) is 11.5 Å². The summed E-state index contributed by atoms with van der Waals surface area (Å²) in [5.41, 5.74) is -2.14. The molecule has 3 aromatic heterocycles. The van der Waals surface area contributed by atoms with Crippen LogP contribution in [0.5, 0.6) is 0 Å². The number of aromatic nitrogens is 6. The topological polar surface area (TPSA) is 90.5 Å². The van der Waals surface area contributed by atoms with Gasteiger partial charge in [0, 0.05) is 4.47 Å². The smallest absolute Gasteiger partial charge is 0.320 e. The van der Waals surface area contributed by atoms with E-state index in [9.17, 15) is 22.4 Å². The molecule has 4 aromatic rings. The third-order valence-electron chi connectivity index (χ3n) is 4.11. The third kappa shape index (κ3) is 4.21. The van der Waals surface area contributed by atoms with Crippen molar-refractivity contribution in [2.24, 2.45) is 0 Å². The molecule has 0 saturated carbocycles. The summed E-state index contributed by atoms with van der Waals surface area (Å²) in [7, 11) is 0. The van der Waals surface area contributed by atoms with Crippen molar-refractivity contribution >= 4 is 39.1 Å². The molecule has 0 aliphatic carbocycles. The Kier molecular flexibility index (Phi) is 5.69. The Hall–Kier alpha value is -3.32. The van der Waals surface area contributed by atoms with Crippen LogP contribution in [-0.4, -0.2) is 35.7 Å². The van der Waals surface area contributed by atoms with Gasteiger partial charge in [-0.1, -0.05) is 11.6 Å². The molecule has 0 unspecified atom stereocenters. The number of benzene rings is 1. The Morgan fingerprint density at radius 3 is 2.44 bits per heavy atom. The van der Waals surface area contributed by atoms with Crippen LogP contribution in [0.2, 0.25) is 5.02 Å². The molecule has 32 heavy (non-hydrogen) atoms.